The molecule has 154 valence electrons. The van der Waals surface area contributed by atoms with Crippen LogP contribution in [0.25, 0.3) is 0 Å². The maximum absolute atomic E-state index is 11.9. The lowest BCUT2D eigenvalue weighted by Gasteiger charge is -2.11. The summed E-state index contributed by atoms with van der Waals surface area (Å²) in [7, 11) is 3.32. The van der Waals surface area contributed by atoms with Crippen LogP contribution in [0.3, 0.4) is 0 Å². The van der Waals surface area contributed by atoms with E-state index in [1.54, 1.807) is 62.6 Å². The van der Waals surface area contributed by atoms with E-state index in [1.165, 1.54) is 4.90 Å². The SMILES string of the molecule is CCOc1ccc(OCC(=O)OCC(=O)Nc2ccc(C(=O)N(C)C)cc2)cc1. The van der Waals surface area contributed by atoms with Crippen LogP contribution in [-0.4, -0.2) is 56.6 Å². The molecule has 29 heavy (non-hydrogen) atoms. The average molecular weight is 400 g/mol. The minimum Gasteiger partial charge on any atom is -0.494 e. The van der Waals surface area contributed by atoms with Crippen LogP contribution in [0.5, 0.6) is 11.5 Å². The van der Waals surface area contributed by atoms with Crippen LogP contribution in [0.1, 0.15) is 17.3 Å². The van der Waals surface area contributed by atoms with Gasteiger partial charge in [-0.2, -0.15) is 0 Å². The Kier molecular flexibility index (Phi) is 8.02. The van der Waals surface area contributed by atoms with E-state index in [4.69, 9.17) is 14.2 Å². The van der Waals surface area contributed by atoms with Gasteiger partial charge in [-0.1, -0.05) is 0 Å². The molecule has 0 aliphatic rings. The fraction of sp³-hybridized carbons (Fsp3) is 0.286. The molecule has 0 atom stereocenters. The maximum Gasteiger partial charge on any atom is 0.344 e. The molecule has 0 spiro atoms. The van der Waals surface area contributed by atoms with Gasteiger partial charge >= 0.3 is 5.97 Å². The first-order valence-electron chi connectivity index (χ1n) is 9.02. The Balaban J connectivity index is 1.72. The van der Waals surface area contributed by atoms with Gasteiger partial charge in [0.25, 0.3) is 11.8 Å². The van der Waals surface area contributed by atoms with Gasteiger partial charge in [-0.3, -0.25) is 9.59 Å². The topological polar surface area (TPSA) is 94.2 Å². The zero-order valence-electron chi connectivity index (χ0n) is 16.6. The largest absolute Gasteiger partial charge is 0.494 e. The minimum absolute atomic E-state index is 0.135. The highest BCUT2D eigenvalue weighted by Gasteiger charge is 2.11. The van der Waals surface area contributed by atoms with Crippen LogP contribution < -0.4 is 14.8 Å². The van der Waals surface area contributed by atoms with Crippen LogP contribution in [0, 0.1) is 0 Å². The van der Waals surface area contributed by atoms with Gasteiger partial charge in [-0.25, -0.2) is 4.79 Å². The molecule has 2 aromatic carbocycles. The summed E-state index contributed by atoms with van der Waals surface area (Å²) in [6, 6.07) is 13.2. The van der Waals surface area contributed by atoms with Crippen molar-refractivity contribution in [2.24, 2.45) is 0 Å². The van der Waals surface area contributed by atoms with Crippen molar-refractivity contribution < 1.29 is 28.6 Å². The van der Waals surface area contributed by atoms with E-state index in [0.717, 1.165) is 0 Å². The first-order valence-corrected chi connectivity index (χ1v) is 9.02. The molecule has 0 fully saturated rings. The van der Waals surface area contributed by atoms with E-state index < -0.39 is 18.5 Å². The van der Waals surface area contributed by atoms with Gasteiger partial charge in [0, 0.05) is 25.3 Å². The number of benzene rings is 2. The summed E-state index contributed by atoms with van der Waals surface area (Å²) >= 11 is 0. The molecule has 0 unspecified atom stereocenters. The number of amides is 2. The zero-order valence-corrected chi connectivity index (χ0v) is 16.6. The zero-order chi connectivity index (χ0) is 21.2. The molecule has 0 bridgehead atoms. The quantitative estimate of drug-likeness (QED) is 0.650. The Morgan fingerprint density at radius 3 is 2.00 bits per heavy atom. The molecule has 8 nitrogen and oxygen atoms in total. The second kappa shape index (κ2) is 10.7. The van der Waals surface area contributed by atoms with E-state index in [0.29, 0.717) is 29.4 Å². The normalized spacial score (nSPS) is 10.0. The van der Waals surface area contributed by atoms with E-state index in [1.807, 2.05) is 6.92 Å². The highest BCUT2D eigenvalue weighted by Crippen LogP contribution is 2.17. The van der Waals surface area contributed by atoms with Crippen molar-refractivity contribution in [2.45, 2.75) is 6.92 Å². The molecule has 2 rings (SSSR count). The minimum atomic E-state index is -0.666. The lowest BCUT2D eigenvalue weighted by Crippen LogP contribution is -2.24. The third-order valence-corrected chi connectivity index (χ3v) is 3.68. The number of carbonyl (C=O) groups excluding carboxylic acids is 3. The highest BCUT2D eigenvalue weighted by atomic mass is 16.6. The van der Waals surface area contributed by atoms with Gasteiger partial charge in [-0.15, -0.1) is 0 Å². The number of anilines is 1. The Bertz CT molecular complexity index is 831. The van der Waals surface area contributed by atoms with Crippen molar-refractivity contribution >= 4 is 23.5 Å². The predicted octanol–water partition coefficient (Wildman–Crippen LogP) is 2.35. The van der Waals surface area contributed by atoms with E-state index >= 15 is 0 Å². The Labute approximate surface area is 169 Å². The number of hydrogen-bond acceptors (Lipinski definition) is 6. The molecule has 0 saturated carbocycles. The van der Waals surface area contributed by atoms with Crippen LogP contribution in [-0.2, 0) is 14.3 Å². The predicted molar refractivity (Wildman–Crippen MR) is 107 cm³/mol. The number of ether oxygens (including phenoxy) is 3. The third-order valence-electron chi connectivity index (χ3n) is 3.68. The second-order valence-corrected chi connectivity index (χ2v) is 6.18. The average Bonchev–Trinajstić information content (AvgIpc) is 2.72. The molecule has 0 saturated heterocycles. The summed E-state index contributed by atoms with van der Waals surface area (Å²) in [4.78, 5) is 36.9. The fourth-order valence-electron chi connectivity index (χ4n) is 2.28. The molecule has 0 aliphatic heterocycles. The number of hydrogen-bond donors (Lipinski definition) is 1. The van der Waals surface area contributed by atoms with Crippen molar-refractivity contribution in [3.05, 3.63) is 54.1 Å². The summed E-state index contributed by atoms with van der Waals surface area (Å²) in [5.41, 5.74) is 0.998. The van der Waals surface area contributed by atoms with Crippen LogP contribution in [0.4, 0.5) is 5.69 Å². The summed E-state index contributed by atoms with van der Waals surface area (Å²) in [6.07, 6.45) is 0. The van der Waals surface area contributed by atoms with Crippen LogP contribution in [0.15, 0.2) is 48.5 Å². The summed E-state index contributed by atoms with van der Waals surface area (Å²) in [5.74, 6) is -0.100. The lowest BCUT2D eigenvalue weighted by molar-refractivity contribution is -0.149. The van der Waals surface area contributed by atoms with Crippen molar-refractivity contribution in [1.29, 1.82) is 0 Å². The Morgan fingerprint density at radius 1 is 0.862 bits per heavy atom. The van der Waals surface area contributed by atoms with Crippen molar-refractivity contribution in [2.75, 3.05) is 39.2 Å². The molecular formula is C21H24N2O6. The van der Waals surface area contributed by atoms with E-state index in [9.17, 15) is 14.4 Å². The first-order chi connectivity index (χ1) is 13.9. The number of carbonyl (C=O) groups is 3. The van der Waals surface area contributed by atoms with Crippen LogP contribution in [0.2, 0.25) is 0 Å². The second-order valence-electron chi connectivity index (χ2n) is 6.18. The summed E-state index contributed by atoms with van der Waals surface area (Å²) < 4.78 is 15.5. The van der Waals surface area contributed by atoms with Crippen molar-refractivity contribution in [3.63, 3.8) is 0 Å². The van der Waals surface area contributed by atoms with E-state index in [-0.39, 0.29) is 12.5 Å². The fourth-order valence-corrected chi connectivity index (χ4v) is 2.28. The molecule has 2 aromatic rings. The lowest BCUT2D eigenvalue weighted by atomic mass is 10.2. The Morgan fingerprint density at radius 2 is 1.45 bits per heavy atom. The summed E-state index contributed by atoms with van der Waals surface area (Å²) in [5, 5.41) is 2.59. The van der Waals surface area contributed by atoms with E-state index in [2.05, 4.69) is 5.32 Å². The van der Waals surface area contributed by atoms with Gasteiger partial charge in [0.1, 0.15) is 11.5 Å². The number of rotatable bonds is 9. The molecule has 8 heteroatoms. The first kappa shape index (κ1) is 21.7. The smallest absolute Gasteiger partial charge is 0.344 e. The van der Waals surface area contributed by atoms with Crippen molar-refractivity contribution in [3.8, 4) is 11.5 Å². The molecule has 0 aromatic heterocycles. The monoisotopic (exact) mass is 400 g/mol. The molecule has 2 amide bonds. The summed E-state index contributed by atoms with van der Waals surface area (Å²) in [6.45, 7) is 1.69. The molecule has 0 heterocycles. The number of nitrogens with zero attached hydrogens (tertiary/aromatic N) is 1. The van der Waals surface area contributed by atoms with Gasteiger partial charge in [0.05, 0.1) is 6.61 Å². The molecule has 1 N–H and O–H groups in total. The maximum atomic E-state index is 11.9. The Hall–Kier alpha value is -3.55. The third kappa shape index (κ3) is 7.17. The highest BCUT2D eigenvalue weighted by molar-refractivity contribution is 5.96. The van der Waals surface area contributed by atoms with Crippen LogP contribution >= 0.6 is 0 Å². The van der Waals surface area contributed by atoms with Gasteiger partial charge in [0.15, 0.2) is 13.2 Å². The van der Waals surface area contributed by atoms with Crippen molar-refractivity contribution in [1.82, 2.24) is 4.90 Å². The van der Waals surface area contributed by atoms with Gasteiger partial charge < -0.3 is 24.4 Å². The molecule has 0 aliphatic carbocycles. The number of nitrogens with one attached hydrogen (secondary N) is 1. The van der Waals surface area contributed by atoms with Gasteiger partial charge in [0.2, 0.25) is 0 Å². The molecule has 0 radical (unpaired) electrons. The molecular weight excluding hydrogens is 376 g/mol. The standard InChI is InChI=1S/C21H24N2O6/c1-4-27-17-9-11-18(12-10-17)28-14-20(25)29-13-19(24)22-16-7-5-15(6-8-16)21(26)23(2)3/h5-12H,4,13-14H2,1-3H3,(H,22,24). The number of esters is 1. The van der Waals surface area contributed by atoms with Gasteiger partial charge in [-0.05, 0) is 55.5 Å².